The summed E-state index contributed by atoms with van der Waals surface area (Å²) in [5, 5.41) is 23.2. The van der Waals surface area contributed by atoms with Gasteiger partial charge in [-0.15, -0.1) is 0 Å². The van der Waals surface area contributed by atoms with E-state index in [4.69, 9.17) is 26.4 Å². The third kappa shape index (κ3) is 3.08. The van der Waals surface area contributed by atoms with Gasteiger partial charge in [0.05, 0.1) is 0 Å². The van der Waals surface area contributed by atoms with E-state index in [1.165, 1.54) is 0 Å². The maximum atomic E-state index is 8.56. The van der Waals surface area contributed by atoms with Gasteiger partial charge >= 0.3 is 0 Å². The minimum atomic E-state index is -0.450. The van der Waals surface area contributed by atoms with Gasteiger partial charge in [0.25, 0.3) is 0 Å². The molecule has 0 amide bonds. The molecule has 0 heterocycles. The highest BCUT2D eigenvalue weighted by atomic mass is 16.5. The molecule has 0 aromatic heterocycles. The molecule has 0 bridgehead atoms. The van der Waals surface area contributed by atoms with Gasteiger partial charge in [-0.1, -0.05) is 0 Å². The minimum absolute atomic E-state index is 0.0710. The molecule has 80 valence electrons. The van der Waals surface area contributed by atoms with Crippen LogP contribution in [0.25, 0.3) is 0 Å². The van der Waals surface area contributed by atoms with E-state index < -0.39 is 6.61 Å². The minimum Gasteiger partial charge on any atom is -0.427 e. The molecule has 1 aliphatic rings. The number of aliphatic hydroxyl groups is 1. The number of hydrogen-bond donors (Lipinski definition) is 4. The highest BCUT2D eigenvalue weighted by Crippen LogP contribution is 2.24. The van der Waals surface area contributed by atoms with E-state index in [0.29, 0.717) is 0 Å². The van der Waals surface area contributed by atoms with Crippen LogP contribution in [0.15, 0.2) is 0 Å². The predicted molar refractivity (Wildman–Crippen MR) is 53.6 cm³/mol. The van der Waals surface area contributed by atoms with Gasteiger partial charge in [0.2, 0.25) is 5.90 Å². The Morgan fingerprint density at radius 1 is 1.29 bits per heavy atom. The monoisotopic (exact) mass is 199 g/mol. The van der Waals surface area contributed by atoms with Crippen LogP contribution in [0.5, 0.6) is 0 Å². The molecule has 0 atom stereocenters. The van der Waals surface area contributed by atoms with Crippen LogP contribution in [0, 0.1) is 16.7 Å². The van der Waals surface area contributed by atoms with Gasteiger partial charge in [0, 0.05) is 12.0 Å². The fourth-order valence-electron chi connectivity index (χ4n) is 1.63. The first-order valence-electron chi connectivity index (χ1n) is 4.83. The van der Waals surface area contributed by atoms with Gasteiger partial charge in [-0.05, 0) is 25.7 Å². The number of ether oxygens (including phenoxy) is 1. The zero-order chi connectivity index (χ0) is 10.6. The smallest absolute Gasteiger partial charge is 0.214 e. The molecule has 0 saturated heterocycles. The Bertz CT molecular complexity index is 222. The van der Waals surface area contributed by atoms with E-state index >= 15 is 0 Å². The summed E-state index contributed by atoms with van der Waals surface area (Å²) >= 11 is 0. The van der Waals surface area contributed by atoms with Crippen LogP contribution < -0.4 is 5.73 Å². The van der Waals surface area contributed by atoms with Gasteiger partial charge in [0.15, 0.2) is 5.90 Å². The lowest BCUT2D eigenvalue weighted by Gasteiger charge is -2.25. The number of hydrogen-bond acceptors (Lipinski definition) is 5. The maximum Gasteiger partial charge on any atom is 0.214 e. The van der Waals surface area contributed by atoms with E-state index in [1.807, 2.05) is 0 Å². The number of nitrogens with one attached hydrogen (secondary N) is 2. The summed E-state index contributed by atoms with van der Waals surface area (Å²) in [4.78, 5) is 0. The first kappa shape index (κ1) is 11.1. The number of rotatable bonds is 2. The lowest BCUT2D eigenvalue weighted by molar-refractivity contribution is 0.307. The lowest BCUT2D eigenvalue weighted by atomic mass is 9.86. The van der Waals surface area contributed by atoms with Gasteiger partial charge in [-0.25, -0.2) is 0 Å². The average Bonchev–Trinajstić information content (AvgIpc) is 2.18. The topological polar surface area (TPSA) is 103 Å². The third-order valence-electron chi connectivity index (χ3n) is 2.52. The highest BCUT2D eigenvalue weighted by Gasteiger charge is 2.23. The molecular formula is C9H17N3O2. The molecular weight excluding hydrogens is 182 g/mol. The average molecular weight is 199 g/mol. The maximum absolute atomic E-state index is 8.56. The molecule has 5 heteroatoms. The Labute approximate surface area is 83.3 Å². The molecule has 5 nitrogen and oxygen atoms in total. The van der Waals surface area contributed by atoms with Crippen molar-refractivity contribution in [2.45, 2.75) is 31.7 Å². The van der Waals surface area contributed by atoms with E-state index in [0.717, 1.165) is 25.7 Å². The summed E-state index contributed by atoms with van der Waals surface area (Å²) in [5.74, 6) is -0.0949. The van der Waals surface area contributed by atoms with Gasteiger partial charge in [0.1, 0.15) is 6.61 Å². The van der Waals surface area contributed by atoms with Crippen molar-refractivity contribution in [2.75, 3.05) is 6.61 Å². The first-order valence-corrected chi connectivity index (χ1v) is 4.83. The summed E-state index contributed by atoms with van der Waals surface area (Å²) in [6.45, 7) is -0.450. The van der Waals surface area contributed by atoms with Crippen molar-refractivity contribution >= 4 is 11.8 Å². The Morgan fingerprint density at radius 3 is 2.36 bits per heavy atom. The molecule has 0 aliphatic heterocycles. The molecule has 1 aliphatic carbocycles. The third-order valence-corrected chi connectivity index (χ3v) is 2.52. The van der Waals surface area contributed by atoms with Gasteiger partial charge in [-0.3, -0.25) is 10.8 Å². The molecule has 0 aromatic carbocycles. The summed E-state index contributed by atoms with van der Waals surface area (Å²) in [5.41, 5.74) is 5.73. The van der Waals surface area contributed by atoms with E-state index in [2.05, 4.69) is 0 Å². The number of nitrogens with two attached hydrogens (primary N) is 1. The van der Waals surface area contributed by atoms with Crippen molar-refractivity contribution in [3.63, 3.8) is 0 Å². The summed E-state index contributed by atoms with van der Waals surface area (Å²) < 4.78 is 4.85. The zero-order valence-electron chi connectivity index (χ0n) is 8.12. The second kappa shape index (κ2) is 5.07. The lowest BCUT2D eigenvalue weighted by Crippen LogP contribution is -2.31. The van der Waals surface area contributed by atoms with Crippen molar-refractivity contribution in [3.05, 3.63) is 0 Å². The normalized spacial score (nSPS) is 27.0. The van der Waals surface area contributed by atoms with Crippen LogP contribution in [-0.4, -0.2) is 29.6 Å². The molecule has 0 aromatic rings. The quantitative estimate of drug-likeness (QED) is 0.384. The molecule has 1 rings (SSSR count). The van der Waals surface area contributed by atoms with Crippen LogP contribution >= 0.6 is 0 Å². The van der Waals surface area contributed by atoms with Crippen molar-refractivity contribution in [1.82, 2.24) is 0 Å². The SMILES string of the molecule is N=C(CO)OC(=N)C1CCC(N)CC1. The molecule has 0 unspecified atom stereocenters. The molecule has 0 radical (unpaired) electrons. The van der Waals surface area contributed by atoms with Crippen molar-refractivity contribution < 1.29 is 9.84 Å². The number of aliphatic hydroxyl groups excluding tert-OH is 1. The van der Waals surface area contributed by atoms with Crippen LogP contribution in [0.4, 0.5) is 0 Å². The zero-order valence-corrected chi connectivity index (χ0v) is 8.12. The highest BCUT2D eigenvalue weighted by molar-refractivity contribution is 5.90. The summed E-state index contributed by atoms with van der Waals surface area (Å²) in [6.07, 6.45) is 3.50. The van der Waals surface area contributed by atoms with Crippen molar-refractivity contribution in [1.29, 1.82) is 10.8 Å². The standard InChI is InChI=1S/C9H17N3O2/c10-7-3-1-6(2-4-7)9(12)14-8(11)5-13/h6-7,11-13H,1-5,10H2. The Kier molecular flexibility index (Phi) is 4.03. The fourth-order valence-corrected chi connectivity index (χ4v) is 1.63. The molecule has 1 fully saturated rings. The molecule has 0 spiro atoms. The Balaban J connectivity index is 2.34. The van der Waals surface area contributed by atoms with Crippen LogP contribution in [0.2, 0.25) is 0 Å². The first-order chi connectivity index (χ1) is 6.63. The van der Waals surface area contributed by atoms with Crippen molar-refractivity contribution in [3.8, 4) is 0 Å². The predicted octanol–water partition coefficient (Wildman–Crippen LogP) is 0.467. The van der Waals surface area contributed by atoms with E-state index in [1.54, 1.807) is 0 Å². The van der Waals surface area contributed by atoms with E-state index in [9.17, 15) is 0 Å². The molecule has 1 saturated carbocycles. The Morgan fingerprint density at radius 2 is 1.86 bits per heavy atom. The fraction of sp³-hybridized carbons (Fsp3) is 0.778. The van der Waals surface area contributed by atoms with Crippen LogP contribution in [-0.2, 0) is 4.74 Å². The Hall–Kier alpha value is -0.940. The van der Waals surface area contributed by atoms with Gasteiger partial charge in [-0.2, -0.15) is 0 Å². The van der Waals surface area contributed by atoms with Crippen LogP contribution in [0.3, 0.4) is 0 Å². The largest absolute Gasteiger partial charge is 0.427 e. The van der Waals surface area contributed by atoms with Crippen molar-refractivity contribution in [2.24, 2.45) is 11.7 Å². The van der Waals surface area contributed by atoms with Crippen LogP contribution in [0.1, 0.15) is 25.7 Å². The summed E-state index contributed by atoms with van der Waals surface area (Å²) in [6, 6.07) is 0.247. The summed E-state index contributed by atoms with van der Waals surface area (Å²) in [7, 11) is 0. The van der Waals surface area contributed by atoms with E-state index in [-0.39, 0.29) is 23.8 Å². The second-order valence-electron chi connectivity index (χ2n) is 3.66. The molecule has 14 heavy (non-hydrogen) atoms. The second-order valence-corrected chi connectivity index (χ2v) is 3.66. The van der Waals surface area contributed by atoms with Gasteiger partial charge < -0.3 is 15.6 Å². The molecule has 5 N–H and O–H groups in total.